The second kappa shape index (κ2) is 5.61. The van der Waals surface area contributed by atoms with Gasteiger partial charge in [-0.3, -0.25) is 0 Å². The van der Waals surface area contributed by atoms with E-state index in [1.807, 2.05) is 17.5 Å². The molecule has 3 rings (SSSR count). The van der Waals surface area contributed by atoms with E-state index in [-0.39, 0.29) is 23.9 Å². The van der Waals surface area contributed by atoms with E-state index in [1.54, 1.807) is 11.3 Å². The van der Waals surface area contributed by atoms with Gasteiger partial charge in [-0.25, -0.2) is 0 Å². The first-order valence-corrected chi connectivity index (χ1v) is 7.21. The number of hydrogen-bond acceptors (Lipinski definition) is 5. The van der Waals surface area contributed by atoms with Crippen molar-refractivity contribution in [2.45, 2.75) is 44.1 Å². The molecule has 2 aromatic heterocycles. The SMILES string of the molecule is CC1(N)CCCCC1c1nc(-c2cccs2)no1.Cl. The molecule has 0 saturated heterocycles. The Morgan fingerprint density at radius 1 is 1.47 bits per heavy atom. The molecule has 2 atom stereocenters. The van der Waals surface area contributed by atoms with E-state index < -0.39 is 0 Å². The normalized spacial score (nSPS) is 26.9. The zero-order valence-corrected chi connectivity index (χ0v) is 12.5. The number of nitrogens with two attached hydrogens (primary N) is 1. The van der Waals surface area contributed by atoms with Crippen molar-refractivity contribution < 1.29 is 4.52 Å². The van der Waals surface area contributed by atoms with Crippen LogP contribution in [0.4, 0.5) is 0 Å². The summed E-state index contributed by atoms with van der Waals surface area (Å²) in [5.74, 6) is 1.57. The van der Waals surface area contributed by atoms with Crippen LogP contribution in [0.15, 0.2) is 22.0 Å². The van der Waals surface area contributed by atoms with Gasteiger partial charge in [0.1, 0.15) is 0 Å². The number of halogens is 1. The fraction of sp³-hybridized carbons (Fsp3) is 0.538. The summed E-state index contributed by atoms with van der Waals surface area (Å²) in [6.45, 7) is 2.09. The third-order valence-corrected chi connectivity index (χ3v) is 4.60. The minimum Gasteiger partial charge on any atom is -0.339 e. The molecule has 6 heteroatoms. The predicted octanol–water partition coefficient (Wildman–Crippen LogP) is 3.59. The van der Waals surface area contributed by atoms with E-state index in [1.165, 1.54) is 12.8 Å². The average molecular weight is 300 g/mol. The molecular weight excluding hydrogens is 282 g/mol. The fourth-order valence-corrected chi connectivity index (χ4v) is 3.30. The second-order valence-electron chi connectivity index (χ2n) is 5.24. The van der Waals surface area contributed by atoms with Gasteiger partial charge in [-0.15, -0.1) is 23.7 Å². The van der Waals surface area contributed by atoms with Crippen molar-refractivity contribution in [2.75, 3.05) is 0 Å². The minimum absolute atomic E-state index is 0. The van der Waals surface area contributed by atoms with E-state index in [4.69, 9.17) is 10.3 Å². The summed E-state index contributed by atoms with van der Waals surface area (Å²) in [7, 11) is 0. The molecule has 1 aliphatic rings. The molecule has 2 N–H and O–H groups in total. The van der Waals surface area contributed by atoms with Crippen molar-refractivity contribution in [1.29, 1.82) is 0 Å². The molecule has 0 bridgehead atoms. The van der Waals surface area contributed by atoms with Gasteiger partial charge in [0.05, 0.1) is 10.8 Å². The lowest BCUT2D eigenvalue weighted by molar-refractivity contribution is 0.223. The molecule has 0 spiro atoms. The summed E-state index contributed by atoms with van der Waals surface area (Å²) in [6.07, 6.45) is 4.44. The molecular formula is C13H18ClN3OS. The Morgan fingerprint density at radius 3 is 3.00 bits per heavy atom. The zero-order chi connectivity index (χ0) is 12.6. The molecule has 1 fully saturated rings. The summed E-state index contributed by atoms with van der Waals surface area (Å²) in [5, 5.41) is 6.08. The van der Waals surface area contributed by atoms with Crippen molar-refractivity contribution in [1.82, 2.24) is 10.1 Å². The Bertz CT molecular complexity index is 524. The van der Waals surface area contributed by atoms with Crippen LogP contribution < -0.4 is 5.73 Å². The van der Waals surface area contributed by atoms with Crippen molar-refractivity contribution in [3.05, 3.63) is 23.4 Å². The Kier molecular flexibility index (Phi) is 4.28. The highest BCUT2D eigenvalue weighted by Crippen LogP contribution is 2.39. The maximum atomic E-state index is 6.36. The monoisotopic (exact) mass is 299 g/mol. The average Bonchev–Trinajstić information content (AvgIpc) is 2.99. The lowest BCUT2D eigenvalue weighted by Gasteiger charge is -2.35. The van der Waals surface area contributed by atoms with E-state index >= 15 is 0 Å². The number of rotatable bonds is 2. The van der Waals surface area contributed by atoms with Gasteiger partial charge in [0.2, 0.25) is 11.7 Å². The lowest BCUT2D eigenvalue weighted by Crippen LogP contribution is -2.44. The smallest absolute Gasteiger partial charge is 0.231 e. The van der Waals surface area contributed by atoms with Gasteiger partial charge in [-0.05, 0) is 31.2 Å². The van der Waals surface area contributed by atoms with Gasteiger partial charge in [-0.1, -0.05) is 24.1 Å². The molecule has 0 amide bonds. The lowest BCUT2D eigenvalue weighted by atomic mass is 9.74. The van der Waals surface area contributed by atoms with Gasteiger partial charge < -0.3 is 10.3 Å². The van der Waals surface area contributed by atoms with Crippen molar-refractivity contribution in [3.8, 4) is 10.7 Å². The molecule has 4 nitrogen and oxygen atoms in total. The first kappa shape index (κ1) is 14.5. The summed E-state index contributed by atoms with van der Waals surface area (Å²) < 4.78 is 5.43. The molecule has 0 aliphatic heterocycles. The zero-order valence-electron chi connectivity index (χ0n) is 10.8. The molecule has 19 heavy (non-hydrogen) atoms. The van der Waals surface area contributed by atoms with Crippen LogP contribution in [0.3, 0.4) is 0 Å². The molecule has 1 aliphatic carbocycles. The first-order valence-electron chi connectivity index (χ1n) is 6.33. The summed E-state index contributed by atoms with van der Waals surface area (Å²) in [5.41, 5.74) is 6.13. The summed E-state index contributed by atoms with van der Waals surface area (Å²) >= 11 is 1.62. The maximum Gasteiger partial charge on any atom is 0.231 e. The van der Waals surface area contributed by atoms with Gasteiger partial charge in [0, 0.05) is 5.54 Å². The first-order chi connectivity index (χ1) is 8.67. The van der Waals surface area contributed by atoms with Crippen LogP contribution >= 0.6 is 23.7 Å². The van der Waals surface area contributed by atoms with E-state index in [0.29, 0.717) is 11.7 Å². The van der Waals surface area contributed by atoms with Crippen LogP contribution in [0.2, 0.25) is 0 Å². The Labute approximate surface area is 122 Å². The topological polar surface area (TPSA) is 64.9 Å². The van der Waals surface area contributed by atoms with Gasteiger partial charge >= 0.3 is 0 Å². The van der Waals surface area contributed by atoms with E-state index in [0.717, 1.165) is 17.7 Å². The van der Waals surface area contributed by atoms with Gasteiger partial charge in [-0.2, -0.15) is 4.98 Å². The van der Waals surface area contributed by atoms with Gasteiger partial charge in [0.25, 0.3) is 0 Å². The Balaban J connectivity index is 0.00000133. The van der Waals surface area contributed by atoms with E-state index in [2.05, 4.69) is 17.1 Å². The van der Waals surface area contributed by atoms with Crippen LogP contribution in [0.5, 0.6) is 0 Å². The van der Waals surface area contributed by atoms with Crippen molar-refractivity contribution in [2.24, 2.45) is 5.73 Å². The third kappa shape index (κ3) is 2.83. The molecule has 2 unspecified atom stereocenters. The fourth-order valence-electron chi connectivity index (χ4n) is 2.65. The highest BCUT2D eigenvalue weighted by molar-refractivity contribution is 7.13. The highest BCUT2D eigenvalue weighted by atomic mass is 35.5. The number of thiophene rings is 1. The van der Waals surface area contributed by atoms with Crippen molar-refractivity contribution in [3.63, 3.8) is 0 Å². The molecule has 1 saturated carbocycles. The van der Waals surface area contributed by atoms with Gasteiger partial charge in [0.15, 0.2) is 0 Å². The van der Waals surface area contributed by atoms with Crippen LogP contribution in [0.25, 0.3) is 10.7 Å². The quantitative estimate of drug-likeness (QED) is 0.920. The van der Waals surface area contributed by atoms with Crippen LogP contribution in [0, 0.1) is 0 Å². The highest BCUT2D eigenvalue weighted by Gasteiger charge is 2.37. The predicted molar refractivity (Wildman–Crippen MR) is 78.7 cm³/mol. The minimum atomic E-state index is -0.225. The largest absolute Gasteiger partial charge is 0.339 e. The Morgan fingerprint density at radius 2 is 2.32 bits per heavy atom. The molecule has 0 aromatic carbocycles. The standard InChI is InChI=1S/C13H17N3OS.ClH/c1-13(14)7-3-2-5-9(13)12-15-11(16-17-12)10-6-4-8-18-10;/h4,6,8-9H,2-3,5,7,14H2,1H3;1H. The molecule has 2 aromatic rings. The van der Waals surface area contributed by atoms with Crippen LogP contribution in [0.1, 0.15) is 44.4 Å². The summed E-state index contributed by atoms with van der Waals surface area (Å²) in [4.78, 5) is 5.57. The second-order valence-corrected chi connectivity index (χ2v) is 6.19. The third-order valence-electron chi connectivity index (χ3n) is 3.74. The van der Waals surface area contributed by atoms with Crippen LogP contribution in [-0.4, -0.2) is 15.7 Å². The van der Waals surface area contributed by atoms with Crippen LogP contribution in [-0.2, 0) is 0 Å². The maximum absolute atomic E-state index is 6.36. The summed E-state index contributed by atoms with van der Waals surface area (Å²) in [6, 6.07) is 3.99. The van der Waals surface area contributed by atoms with E-state index in [9.17, 15) is 0 Å². The number of aromatic nitrogens is 2. The number of hydrogen-bond donors (Lipinski definition) is 1. The Hall–Kier alpha value is -0.910. The molecule has 2 heterocycles. The molecule has 104 valence electrons. The number of nitrogens with zero attached hydrogens (tertiary/aromatic N) is 2. The van der Waals surface area contributed by atoms with Crippen molar-refractivity contribution >= 4 is 23.7 Å². The molecule has 0 radical (unpaired) electrons.